The van der Waals surface area contributed by atoms with Crippen LogP contribution in [0.15, 0.2) is 22.7 Å². The molecule has 0 radical (unpaired) electrons. The van der Waals surface area contributed by atoms with E-state index in [4.69, 9.17) is 9.47 Å². The summed E-state index contributed by atoms with van der Waals surface area (Å²) in [6, 6.07) is 4.19. The molecule has 1 aromatic rings. The van der Waals surface area contributed by atoms with Crippen molar-refractivity contribution in [1.82, 2.24) is 10.2 Å². The molecule has 0 aromatic heterocycles. The van der Waals surface area contributed by atoms with E-state index in [0.717, 1.165) is 17.3 Å². The van der Waals surface area contributed by atoms with Gasteiger partial charge in [0.25, 0.3) is 5.91 Å². The van der Waals surface area contributed by atoms with Crippen LogP contribution in [0, 0.1) is 0 Å². The topological polar surface area (TPSA) is 84.9 Å². The number of carbonyl (C=O) groups excluding carboxylic acids is 3. The fraction of sp³-hybridized carbons (Fsp3) is 0.500. The van der Waals surface area contributed by atoms with Crippen LogP contribution in [0.4, 0.5) is 0 Å². The molecular weight excluding hydrogens is 404 g/mol. The van der Waals surface area contributed by atoms with Gasteiger partial charge in [-0.05, 0) is 24.6 Å². The van der Waals surface area contributed by atoms with Crippen LogP contribution in [-0.2, 0) is 14.3 Å². The maximum Gasteiger partial charge on any atom is 0.308 e. The van der Waals surface area contributed by atoms with Crippen molar-refractivity contribution in [1.29, 1.82) is 0 Å². The molecule has 1 N–H and O–H groups in total. The van der Waals surface area contributed by atoms with Crippen molar-refractivity contribution >= 4 is 33.7 Å². The van der Waals surface area contributed by atoms with Crippen LogP contribution in [0.1, 0.15) is 36.5 Å². The molecule has 0 bridgehead atoms. The number of nitrogens with one attached hydrogen (secondary N) is 1. The Kier molecular flexibility index (Phi) is 7.44. The Morgan fingerprint density at radius 2 is 2.15 bits per heavy atom. The third-order valence-corrected chi connectivity index (χ3v) is 4.60. The van der Waals surface area contributed by atoms with Gasteiger partial charge >= 0.3 is 5.97 Å². The molecule has 7 nitrogen and oxygen atoms in total. The summed E-state index contributed by atoms with van der Waals surface area (Å²) < 4.78 is 11.1. The number of rotatable bonds is 7. The summed E-state index contributed by atoms with van der Waals surface area (Å²) in [6.45, 7) is 2.96. The van der Waals surface area contributed by atoms with Crippen molar-refractivity contribution in [3.8, 4) is 5.75 Å². The maximum atomic E-state index is 13.0. The molecule has 2 amide bonds. The summed E-state index contributed by atoms with van der Waals surface area (Å²) in [7, 11) is 1.48. The summed E-state index contributed by atoms with van der Waals surface area (Å²) >= 11 is 3.34. The van der Waals surface area contributed by atoms with Crippen molar-refractivity contribution in [2.75, 3.05) is 26.8 Å². The molecule has 142 valence electrons. The van der Waals surface area contributed by atoms with Gasteiger partial charge in [0.1, 0.15) is 11.8 Å². The molecule has 0 spiro atoms. The predicted octanol–water partition coefficient (Wildman–Crippen LogP) is 2.13. The Bertz CT molecular complexity index is 680. The lowest BCUT2D eigenvalue weighted by Crippen LogP contribution is -2.57. The second-order valence-corrected chi connectivity index (χ2v) is 6.84. The van der Waals surface area contributed by atoms with Crippen LogP contribution >= 0.6 is 15.9 Å². The number of halogens is 1. The average molecular weight is 427 g/mol. The van der Waals surface area contributed by atoms with Gasteiger partial charge in [0, 0.05) is 17.6 Å². The highest BCUT2D eigenvalue weighted by Crippen LogP contribution is 2.26. The highest BCUT2D eigenvalue weighted by atomic mass is 79.9. The van der Waals surface area contributed by atoms with Gasteiger partial charge in [0.05, 0.1) is 25.7 Å². The average Bonchev–Trinajstić information content (AvgIpc) is 2.63. The van der Waals surface area contributed by atoms with Gasteiger partial charge in [-0.1, -0.05) is 29.3 Å². The number of methoxy groups -OCH3 is 1. The number of ether oxygens (including phenoxy) is 2. The van der Waals surface area contributed by atoms with Gasteiger partial charge in [-0.3, -0.25) is 14.4 Å². The van der Waals surface area contributed by atoms with Gasteiger partial charge in [-0.25, -0.2) is 0 Å². The molecule has 1 saturated heterocycles. The van der Waals surface area contributed by atoms with Crippen molar-refractivity contribution in [3.05, 3.63) is 28.2 Å². The van der Waals surface area contributed by atoms with Crippen LogP contribution in [0.5, 0.6) is 5.75 Å². The van der Waals surface area contributed by atoms with E-state index in [1.54, 1.807) is 18.2 Å². The Morgan fingerprint density at radius 1 is 1.38 bits per heavy atom. The second-order valence-electron chi connectivity index (χ2n) is 5.93. The van der Waals surface area contributed by atoms with E-state index in [0.29, 0.717) is 31.0 Å². The minimum atomic E-state index is -0.894. The Balaban J connectivity index is 2.19. The minimum Gasteiger partial charge on any atom is -0.496 e. The van der Waals surface area contributed by atoms with E-state index in [9.17, 15) is 14.4 Å². The van der Waals surface area contributed by atoms with Crippen LogP contribution in [0.2, 0.25) is 0 Å². The number of esters is 1. The number of hydrogen-bond donors (Lipinski definition) is 1. The van der Waals surface area contributed by atoms with E-state index in [-0.39, 0.29) is 18.2 Å². The van der Waals surface area contributed by atoms with Crippen LogP contribution in [-0.4, -0.2) is 55.5 Å². The molecule has 1 aromatic carbocycles. The molecule has 1 atom stereocenters. The lowest BCUT2D eigenvalue weighted by molar-refractivity contribution is -0.147. The van der Waals surface area contributed by atoms with Crippen LogP contribution < -0.4 is 10.1 Å². The maximum absolute atomic E-state index is 13.0. The number of piperazine rings is 1. The zero-order chi connectivity index (χ0) is 19.1. The number of carbonyl (C=O) groups is 3. The van der Waals surface area contributed by atoms with E-state index >= 15 is 0 Å². The Morgan fingerprint density at radius 3 is 2.85 bits per heavy atom. The number of nitrogens with zero attached hydrogens (tertiary/aromatic N) is 1. The Hall–Kier alpha value is -2.09. The molecular formula is C18H23BrN2O5. The summed E-state index contributed by atoms with van der Waals surface area (Å²) in [4.78, 5) is 38.7. The van der Waals surface area contributed by atoms with Gasteiger partial charge in [-0.15, -0.1) is 0 Å². The summed E-state index contributed by atoms with van der Waals surface area (Å²) in [5.41, 5.74) is 0.334. The highest BCUT2D eigenvalue weighted by molar-refractivity contribution is 9.10. The largest absolute Gasteiger partial charge is 0.496 e. The molecule has 1 aliphatic heterocycles. The predicted molar refractivity (Wildman–Crippen MR) is 99.0 cm³/mol. The molecule has 8 heteroatoms. The van der Waals surface area contributed by atoms with E-state index in [1.165, 1.54) is 12.0 Å². The molecule has 0 aliphatic carbocycles. The first kappa shape index (κ1) is 20.2. The second kappa shape index (κ2) is 9.56. The normalized spacial score (nSPS) is 16.8. The third kappa shape index (κ3) is 4.97. The smallest absolute Gasteiger partial charge is 0.308 e. The highest BCUT2D eigenvalue weighted by Gasteiger charge is 2.36. The third-order valence-electron chi connectivity index (χ3n) is 4.10. The lowest BCUT2D eigenvalue weighted by atomic mass is 10.1. The van der Waals surface area contributed by atoms with Crippen molar-refractivity contribution in [3.63, 3.8) is 0 Å². The van der Waals surface area contributed by atoms with Gasteiger partial charge in [-0.2, -0.15) is 0 Å². The van der Waals surface area contributed by atoms with Crippen molar-refractivity contribution < 1.29 is 23.9 Å². The van der Waals surface area contributed by atoms with Crippen molar-refractivity contribution in [2.45, 2.75) is 32.2 Å². The monoisotopic (exact) mass is 426 g/mol. The molecule has 2 rings (SSSR count). The SMILES string of the molecule is CCCCOC(=O)CC1C(=O)NCCN1C(=O)c1cc(Br)ccc1OC. The summed E-state index contributed by atoms with van der Waals surface area (Å²) in [5, 5.41) is 2.70. The molecule has 1 fully saturated rings. The fourth-order valence-electron chi connectivity index (χ4n) is 2.71. The summed E-state index contributed by atoms with van der Waals surface area (Å²) in [5.74, 6) is -0.789. The van der Waals surface area contributed by atoms with Crippen LogP contribution in [0.25, 0.3) is 0 Å². The van der Waals surface area contributed by atoms with Crippen molar-refractivity contribution in [2.24, 2.45) is 0 Å². The van der Waals surface area contributed by atoms with Gasteiger partial charge in [0.2, 0.25) is 5.91 Å². The number of benzene rings is 1. The van der Waals surface area contributed by atoms with E-state index in [1.807, 2.05) is 6.92 Å². The summed E-state index contributed by atoms with van der Waals surface area (Å²) in [6.07, 6.45) is 1.50. The first-order valence-corrected chi connectivity index (χ1v) is 9.35. The molecule has 1 unspecified atom stereocenters. The molecule has 26 heavy (non-hydrogen) atoms. The zero-order valence-corrected chi connectivity index (χ0v) is 16.5. The number of hydrogen-bond acceptors (Lipinski definition) is 5. The van der Waals surface area contributed by atoms with E-state index < -0.39 is 12.0 Å². The first-order valence-electron chi connectivity index (χ1n) is 8.55. The molecule has 1 aliphatic rings. The lowest BCUT2D eigenvalue weighted by Gasteiger charge is -2.34. The number of unbranched alkanes of at least 4 members (excludes halogenated alkanes) is 1. The Labute approximate surface area is 161 Å². The fourth-order valence-corrected chi connectivity index (χ4v) is 3.07. The molecule has 0 saturated carbocycles. The standard InChI is InChI=1S/C18H23BrN2O5/c1-3-4-9-26-16(22)11-14-17(23)20-7-8-21(14)18(24)13-10-12(19)5-6-15(13)25-2/h5-6,10,14H,3-4,7-9,11H2,1-2H3,(H,20,23). The van der Waals surface area contributed by atoms with Gasteiger partial charge < -0.3 is 19.7 Å². The van der Waals surface area contributed by atoms with Gasteiger partial charge in [0.15, 0.2) is 0 Å². The minimum absolute atomic E-state index is 0.169. The van der Waals surface area contributed by atoms with E-state index in [2.05, 4.69) is 21.2 Å². The molecule has 1 heterocycles. The van der Waals surface area contributed by atoms with Crippen LogP contribution in [0.3, 0.4) is 0 Å². The zero-order valence-electron chi connectivity index (χ0n) is 14.9. The first-order chi connectivity index (χ1) is 12.5. The number of amides is 2. The quantitative estimate of drug-likeness (QED) is 0.533.